The van der Waals surface area contributed by atoms with Crippen LogP contribution >= 0.6 is 0 Å². The molecule has 1 N–H and O–H groups in total. The lowest BCUT2D eigenvalue weighted by molar-refractivity contribution is 0.0939. The molecule has 0 radical (unpaired) electrons. The Labute approximate surface area is 114 Å². The summed E-state index contributed by atoms with van der Waals surface area (Å²) in [5, 5.41) is 3.03. The molecule has 0 unspecified atom stereocenters. The molecule has 2 aliphatic carbocycles. The van der Waals surface area contributed by atoms with Crippen LogP contribution in [-0.2, 0) is 0 Å². The van der Waals surface area contributed by atoms with Crippen molar-refractivity contribution in [3.05, 3.63) is 29.8 Å². The van der Waals surface area contributed by atoms with E-state index in [1.54, 1.807) is 0 Å². The SMILES string of the molecule is O=C(NC1CC1)c1ccccc1OC1CCCCC1. The van der Waals surface area contributed by atoms with Crippen LogP contribution in [-0.4, -0.2) is 18.1 Å². The number of nitrogens with one attached hydrogen (secondary N) is 1. The number of hydrogen-bond acceptors (Lipinski definition) is 2. The van der Waals surface area contributed by atoms with E-state index in [1.165, 1.54) is 19.3 Å². The highest BCUT2D eigenvalue weighted by Gasteiger charge is 2.25. The summed E-state index contributed by atoms with van der Waals surface area (Å²) in [6.45, 7) is 0. The standard InChI is InChI=1S/C16H21NO2/c18-16(17-12-10-11-12)14-8-4-5-9-15(14)19-13-6-2-1-3-7-13/h4-5,8-9,12-13H,1-3,6-7,10-11H2,(H,17,18). The zero-order valence-electron chi connectivity index (χ0n) is 11.2. The Morgan fingerprint density at radius 2 is 1.79 bits per heavy atom. The summed E-state index contributed by atoms with van der Waals surface area (Å²) < 4.78 is 6.05. The third-order valence-electron chi connectivity index (χ3n) is 3.89. The van der Waals surface area contributed by atoms with Crippen LogP contribution in [0.25, 0.3) is 0 Å². The van der Waals surface area contributed by atoms with Gasteiger partial charge in [-0.2, -0.15) is 0 Å². The molecule has 2 fully saturated rings. The van der Waals surface area contributed by atoms with Crippen molar-refractivity contribution in [1.29, 1.82) is 0 Å². The topological polar surface area (TPSA) is 38.3 Å². The van der Waals surface area contributed by atoms with Crippen molar-refractivity contribution in [3.63, 3.8) is 0 Å². The van der Waals surface area contributed by atoms with Crippen LogP contribution in [0.4, 0.5) is 0 Å². The highest BCUT2D eigenvalue weighted by atomic mass is 16.5. The van der Waals surface area contributed by atoms with Crippen molar-refractivity contribution in [2.24, 2.45) is 0 Å². The molecular weight excluding hydrogens is 238 g/mol. The van der Waals surface area contributed by atoms with E-state index in [2.05, 4.69) is 5.32 Å². The summed E-state index contributed by atoms with van der Waals surface area (Å²) in [7, 11) is 0. The molecule has 102 valence electrons. The van der Waals surface area contributed by atoms with E-state index in [1.807, 2.05) is 24.3 Å². The smallest absolute Gasteiger partial charge is 0.255 e. The molecule has 3 rings (SSSR count). The third kappa shape index (κ3) is 3.28. The van der Waals surface area contributed by atoms with Crippen LogP contribution < -0.4 is 10.1 Å². The average molecular weight is 259 g/mol. The molecule has 2 saturated carbocycles. The largest absolute Gasteiger partial charge is 0.490 e. The molecule has 0 heterocycles. The molecule has 0 aliphatic heterocycles. The van der Waals surface area contributed by atoms with Crippen molar-refractivity contribution in [2.45, 2.75) is 57.1 Å². The summed E-state index contributed by atoms with van der Waals surface area (Å²) in [5.74, 6) is 0.751. The Balaban J connectivity index is 1.70. The maximum absolute atomic E-state index is 12.2. The van der Waals surface area contributed by atoms with Gasteiger partial charge in [0.25, 0.3) is 5.91 Å². The van der Waals surface area contributed by atoms with E-state index >= 15 is 0 Å². The van der Waals surface area contributed by atoms with Crippen LogP contribution in [0.15, 0.2) is 24.3 Å². The number of amides is 1. The Morgan fingerprint density at radius 1 is 1.05 bits per heavy atom. The zero-order valence-corrected chi connectivity index (χ0v) is 11.2. The Morgan fingerprint density at radius 3 is 2.53 bits per heavy atom. The number of hydrogen-bond donors (Lipinski definition) is 1. The molecular formula is C16H21NO2. The number of benzene rings is 1. The fourth-order valence-corrected chi connectivity index (χ4v) is 2.61. The fraction of sp³-hybridized carbons (Fsp3) is 0.562. The number of carbonyl (C=O) groups is 1. The molecule has 19 heavy (non-hydrogen) atoms. The highest BCUT2D eigenvalue weighted by Crippen LogP contribution is 2.27. The van der Waals surface area contributed by atoms with Gasteiger partial charge >= 0.3 is 0 Å². The fourth-order valence-electron chi connectivity index (χ4n) is 2.61. The molecule has 0 bridgehead atoms. The van der Waals surface area contributed by atoms with E-state index in [9.17, 15) is 4.79 Å². The van der Waals surface area contributed by atoms with Gasteiger partial charge in [0.05, 0.1) is 11.7 Å². The Bertz CT molecular complexity index is 448. The highest BCUT2D eigenvalue weighted by molar-refractivity contribution is 5.97. The van der Waals surface area contributed by atoms with E-state index in [0.29, 0.717) is 11.6 Å². The van der Waals surface area contributed by atoms with Gasteiger partial charge in [0.2, 0.25) is 0 Å². The molecule has 0 saturated heterocycles. The van der Waals surface area contributed by atoms with Gasteiger partial charge in [-0.05, 0) is 50.7 Å². The maximum atomic E-state index is 12.2. The van der Waals surface area contributed by atoms with Gasteiger partial charge in [0, 0.05) is 6.04 Å². The second-order valence-electron chi connectivity index (χ2n) is 5.62. The van der Waals surface area contributed by atoms with Crippen LogP contribution in [0.5, 0.6) is 5.75 Å². The lowest BCUT2D eigenvalue weighted by Crippen LogP contribution is -2.27. The molecule has 0 spiro atoms. The predicted octanol–water partition coefficient (Wildman–Crippen LogP) is 3.29. The molecule has 2 aliphatic rings. The lowest BCUT2D eigenvalue weighted by atomic mass is 9.97. The normalized spacial score (nSPS) is 20.0. The molecule has 1 amide bonds. The summed E-state index contributed by atoms with van der Waals surface area (Å²) in [4.78, 5) is 12.2. The number of rotatable bonds is 4. The third-order valence-corrected chi connectivity index (χ3v) is 3.89. The summed E-state index contributed by atoms with van der Waals surface area (Å²) in [6, 6.07) is 7.99. The second-order valence-corrected chi connectivity index (χ2v) is 5.62. The maximum Gasteiger partial charge on any atom is 0.255 e. The van der Waals surface area contributed by atoms with Gasteiger partial charge in [0.15, 0.2) is 0 Å². The van der Waals surface area contributed by atoms with Crippen molar-refractivity contribution >= 4 is 5.91 Å². The molecule has 0 atom stereocenters. The molecule has 3 nitrogen and oxygen atoms in total. The molecule has 3 heteroatoms. The summed E-state index contributed by atoms with van der Waals surface area (Å²) in [6.07, 6.45) is 8.50. The van der Waals surface area contributed by atoms with E-state index in [4.69, 9.17) is 4.74 Å². The second kappa shape index (κ2) is 5.64. The van der Waals surface area contributed by atoms with E-state index < -0.39 is 0 Å². The first-order chi connectivity index (χ1) is 9.33. The van der Waals surface area contributed by atoms with Crippen molar-refractivity contribution < 1.29 is 9.53 Å². The number of carbonyl (C=O) groups excluding carboxylic acids is 1. The van der Waals surface area contributed by atoms with Crippen LogP contribution in [0.1, 0.15) is 55.3 Å². The Hall–Kier alpha value is -1.51. The van der Waals surface area contributed by atoms with E-state index in [-0.39, 0.29) is 12.0 Å². The average Bonchev–Trinajstić information content (AvgIpc) is 3.24. The summed E-state index contributed by atoms with van der Waals surface area (Å²) in [5.41, 5.74) is 0.681. The lowest BCUT2D eigenvalue weighted by Gasteiger charge is -2.24. The van der Waals surface area contributed by atoms with Crippen LogP contribution in [0.3, 0.4) is 0 Å². The molecule has 1 aromatic carbocycles. The van der Waals surface area contributed by atoms with Gasteiger partial charge < -0.3 is 10.1 Å². The monoisotopic (exact) mass is 259 g/mol. The first-order valence-corrected chi connectivity index (χ1v) is 7.39. The zero-order chi connectivity index (χ0) is 13.1. The van der Waals surface area contributed by atoms with Crippen molar-refractivity contribution in [1.82, 2.24) is 5.32 Å². The number of ether oxygens (including phenoxy) is 1. The summed E-state index contributed by atoms with van der Waals surface area (Å²) >= 11 is 0. The minimum atomic E-state index is 0.00825. The van der Waals surface area contributed by atoms with Gasteiger partial charge in [-0.15, -0.1) is 0 Å². The van der Waals surface area contributed by atoms with Gasteiger partial charge in [-0.25, -0.2) is 0 Å². The molecule has 0 aromatic heterocycles. The van der Waals surface area contributed by atoms with Gasteiger partial charge in [0.1, 0.15) is 5.75 Å². The first kappa shape index (κ1) is 12.5. The number of para-hydroxylation sites is 1. The predicted molar refractivity (Wildman–Crippen MR) is 74.4 cm³/mol. The van der Waals surface area contributed by atoms with E-state index in [0.717, 1.165) is 31.4 Å². The Kier molecular flexibility index (Phi) is 3.72. The van der Waals surface area contributed by atoms with Crippen LogP contribution in [0.2, 0.25) is 0 Å². The quantitative estimate of drug-likeness (QED) is 0.901. The molecule has 1 aromatic rings. The van der Waals surface area contributed by atoms with Crippen molar-refractivity contribution in [3.8, 4) is 5.75 Å². The first-order valence-electron chi connectivity index (χ1n) is 7.39. The van der Waals surface area contributed by atoms with Gasteiger partial charge in [-0.3, -0.25) is 4.79 Å². The minimum absolute atomic E-state index is 0.00825. The van der Waals surface area contributed by atoms with Gasteiger partial charge in [-0.1, -0.05) is 18.6 Å². The van der Waals surface area contributed by atoms with Crippen LogP contribution in [0, 0.1) is 0 Å². The van der Waals surface area contributed by atoms with Crippen molar-refractivity contribution in [2.75, 3.05) is 0 Å². The minimum Gasteiger partial charge on any atom is -0.490 e.